The van der Waals surface area contributed by atoms with Crippen molar-refractivity contribution in [3.05, 3.63) is 64.2 Å². The van der Waals surface area contributed by atoms with Gasteiger partial charge in [0.2, 0.25) is 0 Å². The van der Waals surface area contributed by atoms with Gasteiger partial charge in [-0.05, 0) is 17.7 Å². The van der Waals surface area contributed by atoms with E-state index in [2.05, 4.69) is 27.0 Å². The topological polar surface area (TPSA) is 101 Å². The smallest absolute Gasteiger partial charge is 0.292 e. The number of nitrogens with one attached hydrogen (secondary N) is 3. The van der Waals surface area contributed by atoms with Crippen molar-refractivity contribution in [3.63, 3.8) is 0 Å². The molecule has 0 amide bonds. The van der Waals surface area contributed by atoms with Crippen LogP contribution in [0.2, 0.25) is 0 Å². The van der Waals surface area contributed by atoms with E-state index in [1.165, 1.54) is 11.6 Å². The molecule has 0 aliphatic carbocycles. The monoisotopic (exact) mass is 369 g/mol. The average Bonchev–Trinajstić information content (AvgIpc) is 3.10. The number of aliphatic imine (C=N–C) groups is 1. The van der Waals surface area contributed by atoms with Gasteiger partial charge in [0.05, 0.1) is 11.5 Å². The van der Waals surface area contributed by atoms with Crippen LogP contribution in [-0.4, -0.2) is 43.7 Å². The van der Waals surface area contributed by atoms with Gasteiger partial charge < -0.3 is 20.7 Å². The molecule has 0 aromatic heterocycles. The van der Waals surface area contributed by atoms with Crippen molar-refractivity contribution in [2.24, 2.45) is 4.99 Å². The van der Waals surface area contributed by atoms with Crippen LogP contribution in [-0.2, 0) is 6.42 Å². The summed E-state index contributed by atoms with van der Waals surface area (Å²) in [6.45, 7) is 1.74. The molecular formula is C19H23N5O3. The lowest BCUT2D eigenvalue weighted by molar-refractivity contribution is -0.384. The number of ether oxygens (including phenoxy) is 1. The van der Waals surface area contributed by atoms with Gasteiger partial charge in [-0.15, -0.1) is 0 Å². The predicted molar refractivity (Wildman–Crippen MR) is 106 cm³/mol. The van der Waals surface area contributed by atoms with Gasteiger partial charge in [0.15, 0.2) is 5.96 Å². The highest BCUT2D eigenvalue weighted by Gasteiger charge is 2.22. The average molecular weight is 369 g/mol. The van der Waals surface area contributed by atoms with Gasteiger partial charge in [-0.3, -0.25) is 15.1 Å². The van der Waals surface area contributed by atoms with E-state index >= 15 is 0 Å². The standard InChI is InChI=1S/C19H23N5O3/c1-20-19(23-13-15-12-14-6-2-5-9-18(14)27-15)22-11-10-21-16-7-3-4-8-17(16)24(25)26/h2-9,15,21H,10-13H2,1H3,(H2,20,22,23). The molecule has 142 valence electrons. The van der Waals surface area contributed by atoms with E-state index in [-0.39, 0.29) is 11.8 Å². The molecule has 2 aromatic rings. The van der Waals surface area contributed by atoms with Crippen LogP contribution in [0.1, 0.15) is 5.56 Å². The number of nitro benzene ring substituents is 1. The minimum atomic E-state index is -0.393. The van der Waals surface area contributed by atoms with E-state index in [4.69, 9.17) is 4.74 Å². The maximum Gasteiger partial charge on any atom is 0.292 e. The maximum absolute atomic E-state index is 11.0. The fourth-order valence-corrected chi connectivity index (χ4v) is 2.96. The summed E-state index contributed by atoms with van der Waals surface area (Å²) in [4.78, 5) is 14.8. The summed E-state index contributed by atoms with van der Waals surface area (Å²) >= 11 is 0. The summed E-state index contributed by atoms with van der Waals surface area (Å²) in [5.74, 6) is 1.61. The Kier molecular flexibility index (Phi) is 6.09. The summed E-state index contributed by atoms with van der Waals surface area (Å²) in [5.41, 5.74) is 1.79. The lowest BCUT2D eigenvalue weighted by Gasteiger charge is -2.16. The van der Waals surface area contributed by atoms with Crippen LogP contribution in [0.15, 0.2) is 53.5 Å². The molecule has 3 N–H and O–H groups in total. The van der Waals surface area contributed by atoms with Crippen LogP contribution < -0.4 is 20.7 Å². The summed E-state index contributed by atoms with van der Waals surface area (Å²) in [7, 11) is 1.70. The van der Waals surface area contributed by atoms with Crippen molar-refractivity contribution in [2.45, 2.75) is 12.5 Å². The molecule has 0 saturated heterocycles. The van der Waals surface area contributed by atoms with Gasteiger partial charge in [-0.2, -0.15) is 0 Å². The van der Waals surface area contributed by atoms with Crippen molar-refractivity contribution in [3.8, 4) is 5.75 Å². The Morgan fingerprint density at radius 2 is 1.96 bits per heavy atom. The molecule has 0 bridgehead atoms. The van der Waals surface area contributed by atoms with Crippen LogP contribution in [0.25, 0.3) is 0 Å². The second kappa shape index (κ2) is 8.88. The normalized spacial score (nSPS) is 15.6. The number of rotatable bonds is 7. The highest BCUT2D eigenvalue weighted by molar-refractivity contribution is 5.79. The minimum Gasteiger partial charge on any atom is -0.488 e. The Balaban J connectivity index is 1.40. The first-order valence-corrected chi connectivity index (χ1v) is 8.83. The zero-order chi connectivity index (χ0) is 19.1. The molecular weight excluding hydrogens is 346 g/mol. The highest BCUT2D eigenvalue weighted by atomic mass is 16.6. The van der Waals surface area contributed by atoms with E-state index in [9.17, 15) is 10.1 Å². The number of hydrogen-bond donors (Lipinski definition) is 3. The van der Waals surface area contributed by atoms with Crippen molar-refractivity contribution in [2.75, 3.05) is 32.0 Å². The predicted octanol–water partition coefficient (Wildman–Crippen LogP) is 2.18. The number of anilines is 1. The van der Waals surface area contributed by atoms with Crippen molar-refractivity contribution < 1.29 is 9.66 Å². The SMILES string of the molecule is CN=C(NCCNc1ccccc1[N+](=O)[O-])NCC1Cc2ccccc2O1. The number of benzene rings is 2. The summed E-state index contributed by atoms with van der Waals surface area (Å²) < 4.78 is 5.90. The zero-order valence-corrected chi connectivity index (χ0v) is 15.1. The first kappa shape index (κ1) is 18.5. The van der Waals surface area contributed by atoms with Crippen molar-refractivity contribution in [1.29, 1.82) is 0 Å². The van der Waals surface area contributed by atoms with Crippen LogP contribution in [0.3, 0.4) is 0 Å². The van der Waals surface area contributed by atoms with Crippen LogP contribution in [0, 0.1) is 10.1 Å². The molecule has 8 heteroatoms. The lowest BCUT2D eigenvalue weighted by Crippen LogP contribution is -2.43. The molecule has 27 heavy (non-hydrogen) atoms. The molecule has 1 aliphatic rings. The molecule has 1 unspecified atom stereocenters. The molecule has 0 fully saturated rings. The van der Waals surface area contributed by atoms with Crippen LogP contribution in [0.4, 0.5) is 11.4 Å². The summed E-state index contributed by atoms with van der Waals surface area (Å²) in [6, 6.07) is 14.6. The third kappa shape index (κ3) is 4.87. The van der Waals surface area contributed by atoms with Crippen LogP contribution >= 0.6 is 0 Å². The number of guanidine groups is 1. The van der Waals surface area contributed by atoms with Crippen molar-refractivity contribution in [1.82, 2.24) is 10.6 Å². The first-order chi connectivity index (χ1) is 13.2. The third-order valence-corrected chi connectivity index (χ3v) is 4.27. The molecule has 1 aliphatic heterocycles. The third-order valence-electron chi connectivity index (χ3n) is 4.27. The molecule has 0 spiro atoms. The quantitative estimate of drug-likeness (QED) is 0.227. The van der Waals surface area contributed by atoms with Gasteiger partial charge in [-0.25, -0.2) is 0 Å². The van der Waals surface area contributed by atoms with E-state index in [0.29, 0.717) is 31.3 Å². The zero-order valence-electron chi connectivity index (χ0n) is 15.1. The number of para-hydroxylation sites is 3. The minimum absolute atomic E-state index is 0.0676. The summed E-state index contributed by atoms with van der Waals surface area (Å²) in [6.07, 6.45) is 0.949. The molecule has 0 saturated carbocycles. The fraction of sp³-hybridized carbons (Fsp3) is 0.316. The Hall–Kier alpha value is -3.29. The van der Waals surface area contributed by atoms with Gasteiger partial charge in [0.25, 0.3) is 5.69 Å². The molecule has 0 radical (unpaired) electrons. The fourth-order valence-electron chi connectivity index (χ4n) is 2.96. The van der Waals surface area contributed by atoms with Gasteiger partial charge in [0, 0.05) is 32.6 Å². The van der Waals surface area contributed by atoms with E-state index in [1.54, 1.807) is 25.2 Å². The Morgan fingerprint density at radius 1 is 1.19 bits per heavy atom. The largest absolute Gasteiger partial charge is 0.488 e. The van der Waals surface area contributed by atoms with E-state index < -0.39 is 4.92 Å². The molecule has 3 rings (SSSR count). The number of hydrogen-bond acceptors (Lipinski definition) is 5. The van der Waals surface area contributed by atoms with Gasteiger partial charge >= 0.3 is 0 Å². The molecule has 1 atom stereocenters. The molecule has 8 nitrogen and oxygen atoms in total. The van der Waals surface area contributed by atoms with Gasteiger partial charge in [-0.1, -0.05) is 30.3 Å². The number of fused-ring (bicyclic) bond motifs is 1. The van der Waals surface area contributed by atoms with Crippen LogP contribution in [0.5, 0.6) is 5.75 Å². The van der Waals surface area contributed by atoms with Gasteiger partial charge in [0.1, 0.15) is 17.5 Å². The Bertz CT molecular complexity index is 799. The Labute approximate surface area is 157 Å². The number of nitrogens with zero attached hydrogens (tertiary/aromatic N) is 2. The summed E-state index contributed by atoms with van der Waals surface area (Å²) in [5, 5.41) is 20.5. The highest BCUT2D eigenvalue weighted by Crippen LogP contribution is 2.27. The van der Waals surface area contributed by atoms with Crippen molar-refractivity contribution >= 4 is 17.3 Å². The maximum atomic E-state index is 11.0. The Morgan fingerprint density at radius 3 is 2.74 bits per heavy atom. The number of nitro groups is 1. The van der Waals surface area contributed by atoms with E-state index in [0.717, 1.165) is 12.2 Å². The van der Waals surface area contributed by atoms with E-state index in [1.807, 2.05) is 18.2 Å². The lowest BCUT2D eigenvalue weighted by atomic mass is 10.1. The molecule has 2 aromatic carbocycles. The first-order valence-electron chi connectivity index (χ1n) is 8.83. The second-order valence-corrected chi connectivity index (χ2v) is 6.13. The molecule has 1 heterocycles. The second-order valence-electron chi connectivity index (χ2n) is 6.13.